The molecule has 1 saturated heterocycles. The molecular weight excluding hydrogens is 333 g/mol. The van der Waals surface area contributed by atoms with Gasteiger partial charge in [0.25, 0.3) is 0 Å². The minimum atomic E-state index is -4.62. The van der Waals surface area contributed by atoms with Gasteiger partial charge in [0.05, 0.1) is 24.3 Å². The van der Waals surface area contributed by atoms with Crippen LogP contribution < -0.4 is 5.32 Å². The van der Waals surface area contributed by atoms with E-state index in [4.69, 9.17) is 11.6 Å². The van der Waals surface area contributed by atoms with E-state index in [1.165, 1.54) is 12.1 Å². The molecule has 2 atom stereocenters. The zero-order valence-corrected chi connectivity index (χ0v) is 13.3. The minimum absolute atomic E-state index is 0.0559. The number of likely N-dealkylation sites (N-methyl/N-ethyl adjacent to an activating group) is 1. The van der Waals surface area contributed by atoms with E-state index in [1.807, 2.05) is 4.90 Å². The molecule has 1 aliphatic rings. The van der Waals surface area contributed by atoms with Crippen molar-refractivity contribution in [2.45, 2.75) is 31.1 Å². The monoisotopic (exact) mass is 350 g/mol. The van der Waals surface area contributed by atoms with E-state index >= 15 is 0 Å². The summed E-state index contributed by atoms with van der Waals surface area (Å²) in [4.78, 5) is 14.1. The van der Waals surface area contributed by atoms with Gasteiger partial charge in [0.1, 0.15) is 0 Å². The van der Waals surface area contributed by atoms with Crippen molar-refractivity contribution >= 4 is 17.5 Å². The molecule has 4 nitrogen and oxygen atoms in total. The van der Waals surface area contributed by atoms with Crippen molar-refractivity contribution in [2.75, 3.05) is 20.2 Å². The summed E-state index contributed by atoms with van der Waals surface area (Å²) in [5, 5.41) is 11.9. The van der Waals surface area contributed by atoms with Crippen molar-refractivity contribution in [1.82, 2.24) is 10.2 Å². The molecule has 23 heavy (non-hydrogen) atoms. The Hall–Kier alpha value is -1.31. The first-order chi connectivity index (χ1) is 10.7. The lowest BCUT2D eigenvalue weighted by atomic mass is 9.99. The molecule has 1 aromatic carbocycles. The fourth-order valence-corrected chi connectivity index (χ4v) is 2.98. The number of nitrogens with zero attached hydrogens (tertiary/aromatic N) is 1. The number of likely N-dealkylation sites (tertiary alicyclic amines) is 1. The molecule has 2 rings (SSSR count). The van der Waals surface area contributed by atoms with Crippen molar-refractivity contribution in [3.8, 4) is 0 Å². The molecule has 0 aliphatic carbocycles. The summed E-state index contributed by atoms with van der Waals surface area (Å²) in [5.41, 5.74) is -1.15. The first kappa shape index (κ1) is 18.0. The van der Waals surface area contributed by atoms with E-state index in [0.717, 1.165) is 19.0 Å². The van der Waals surface area contributed by atoms with Gasteiger partial charge in [0.15, 0.2) is 0 Å². The lowest BCUT2D eigenvalue weighted by Gasteiger charge is -2.25. The van der Waals surface area contributed by atoms with Crippen LogP contribution in [0.2, 0.25) is 5.02 Å². The summed E-state index contributed by atoms with van der Waals surface area (Å²) >= 11 is 5.64. The topological polar surface area (TPSA) is 52.6 Å². The van der Waals surface area contributed by atoms with Crippen LogP contribution in [0, 0.1) is 0 Å². The molecule has 1 heterocycles. The van der Waals surface area contributed by atoms with Gasteiger partial charge >= 0.3 is 6.18 Å². The molecule has 1 aromatic rings. The number of halogens is 4. The van der Waals surface area contributed by atoms with Crippen LogP contribution in [0.25, 0.3) is 0 Å². The number of carbonyl (C=O) groups is 1. The highest BCUT2D eigenvalue weighted by molar-refractivity contribution is 6.30. The molecule has 0 bridgehead atoms. The highest BCUT2D eigenvalue weighted by Gasteiger charge is 2.37. The Morgan fingerprint density at radius 1 is 1.52 bits per heavy atom. The van der Waals surface area contributed by atoms with Crippen molar-refractivity contribution in [1.29, 1.82) is 0 Å². The SMILES string of the molecule is CN1CCCC1C(=O)NC(CO)c1ccc(Cl)cc1C(F)(F)F. The van der Waals surface area contributed by atoms with Gasteiger partial charge in [-0.15, -0.1) is 0 Å². The molecule has 128 valence electrons. The number of rotatable bonds is 4. The quantitative estimate of drug-likeness (QED) is 0.877. The maximum Gasteiger partial charge on any atom is 0.416 e. The number of aliphatic hydroxyl groups is 1. The third-order valence-corrected chi connectivity index (χ3v) is 4.25. The van der Waals surface area contributed by atoms with Crippen LogP contribution in [0.15, 0.2) is 18.2 Å². The standard InChI is InChI=1S/C15H18ClF3N2O2/c1-21-6-2-3-13(21)14(23)20-12(8-22)10-5-4-9(16)7-11(10)15(17,18)19/h4-5,7,12-13,22H,2-3,6,8H2,1H3,(H,20,23). The predicted molar refractivity (Wildman–Crippen MR) is 80.1 cm³/mol. The molecule has 1 fully saturated rings. The summed E-state index contributed by atoms with van der Waals surface area (Å²) < 4.78 is 39.5. The molecule has 0 radical (unpaired) electrons. The molecule has 0 spiro atoms. The van der Waals surface area contributed by atoms with E-state index in [-0.39, 0.29) is 22.5 Å². The van der Waals surface area contributed by atoms with Gasteiger partial charge in [-0.05, 0) is 44.1 Å². The number of aliphatic hydroxyl groups excluding tert-OH is 1. The van der Waals surface area contributed by atoms with Crippen LogP contribution in [-0.2, 0) is 11.0 Å². The Bertz CT molecular complexity index is 580. The normalized spacial score (nSPS) is 20.5. The first-order valence-electron chi connectivity index (χ1n) is 7.22. The van der Waals surface area contributed by atoms with E-state index in [0.29, 0.717) is 6.42 Å². The van der Waals surface area contributed by atoms with Crippen molar-refractivity contribution in [2.24, 2.45) is 0 Å². The third-order valence-electron chi connectivity index (χ3n) is 4.02. The van der Waals surface area contributed by atoms with Crippen LogP contribution in [-0.4, -0.2) is 42.2 Å². The fourth-order valence-electron chi connectivity index (χ4n) is 2.81. The van der Waals surface area contributed by atoms with Gasteiger partial charge in [-0.1, -0.05) is 17.7 Å². The van der Waals surface area contributed by atoms with Gasteiger partial charge in [0, 0.05) is 5.02 Å². The second-order valence-electron chi connectivity index (χ2n) is 5.61. The first-order valence-corrected chi connectivity index (χ1v) is 7.60. The molecule has 1 amide bonds. The third kappa shape index (κ3) is 4.16. The average molecular weight is 351 g/mol. The van der Waals surface area contributed by atoms with Crippen molar-refractivity contribution < 1.29 is 23.1 Å². The summed E-state index contributed by atoms with van der Waals surface area (Å²) in [7, 11) is 1.79. The maximum atomic E-state index is 13.2. The predicted octanol–water partition coefficient (Wildman–Crippen LogP) is 2.60. The lowest BCUT2D eigenvalue weighted by Crippen LogP contribution is -2.44. The van der Waals surface area contributed by atoms with Crippen LogP contribution in [0.4, 0.5) is 13.2 Å². The second kappa shape index (κ2) is 7.07. The van der Waals surface area contributed by atoms with Crippen molar-refractivity contribution in [3.63, 3.8) is 0 Å². The average Bonchev–Trinajstić information content (AvgIpc) is 2.90. The van der Waals surface area contributed by atoms with E-state index in [9.17, 15) is 23.1 Å². The summed E-state index contributed by atoms with van der Waals surface area (Å²) in [6.45, 7) is 0.128. The zero-order valence-electron chi connectivity index (χ0n) is 12.5. The number of nitrogens with one attached hydrogen (secondary N) is 1. The smallest absolute Gasteiger partial charge is 0.394 e. The minimum Gasteiger partial charge on any atom is -0.394 e. The van der Waals surface area contributed by atoms with Crippen LogP contribution in [0.5, 0.6) is 0 Å². The molecule has 0 saturated carbocycles. The lowest BCUT2D eigenvalue weighted by molar-refractivity contribution is -0.139. The highest BCUT2D eigenvalue weighted by Crippen LogP contribution is 2.36. The van der Waals surface area contributed by atoms with Crippen molar-refractivity contribution in [3.05, 3.63) is 34.3 Å². The summed E-state index contributed by atoms with van der Waals surface area (Å²) in [6, 6.07) is 1.77. The molecule has 8 heteroatoms. The maximum absolute atomic E-state index is 13.2. The molecule has 0 aromatic heterocycles. The molecular formula is C15H18ClF3N2O2. The Kier molecular flexibility index (Phi) is 5.54. The van der Waals surface area contributed by atoms with Crippen LogP contribution in [0.3, 0.4) is 0 Å². The number of hydrogen-bond acceptors (Lipinski definition) is 3. The zero-order chi connectivity index (χ0) is 17.2. The van der Waals surface area contributed by atoms with Gasteiger partial charge in [-0.25, -0.2) is 0 Å². The van der Waals surface area contributed by atoms with E-state index in [1.54, 1.807) is 7.05 Å². The van der Waals surface area contributed by atoms with Gasteiger partial charge < -0.3 is 10.4 Å². The number of amides is 1. The van der Waals surface area contributed by atoms with Gasteiger partial charge in [-0.2, -0.15) is 13.2 Å². The van der Waals surface area contributed by atoms with Gasteiger partial charge in [-0.3, -0.25) is 9.69 Å². The largest absolute Gasteiger partial charge is 0.416 e. The number of carbonyl (C=O) groups excluding carboxylic acids is 1. The number of alkyl halides is 3. The fraction of sp³-hybridized carbons (Fsp3) is 0.533. The Morgan fingerprint density at radius 3 is 2.74 bits per heavy atom. The summed E-state index contributed by atoms with van der Waals surface area (Å²) in [5.74, 6) is -0.382. The number of hydrogen-bond donors (Lipinski definition) is 2. The Morgan fingerprint density at radius 2 is 2.22 bits per heavy atom. The highest BCUT2D eigenvalue weighted by atomic mass is 35.5. The Labute approximate surface area is 137 Å². The van der Waals surface area contributed by atoms with Crippen LogP contribution in [0.1, 0.15) is 30.0 Å². The van der Waals surface area contributed by atoms with Gasteiger partial charge in [0.2, 0.25) is 5.91 Å². The molecule has 2 unspecified atom stereocenters. The summed E-state index contributed by atoms with van der Waals surface area (Å²) in [6.07, 6.45) is -3.12. The second-order valence-corrected chi connectivity index (χ2v) is 6.05. The van der Waals surface area contributed by atoms with E-state index in [2.05, 4.69) is 5.32 Å². The molecule has 1 aliphatic heterocycles. The van der Waals surface area contributed by atoms with E-state index < -0.39 is 24.4 Å². The van der Waals surface area contributed by atoms with Crippen LogP contribution >= 0.6 is 11.6 Å². The Balaban J connectivity index is 2.26. The molecule has 2 N–H and O–H groups in total. The number of benzene rings is 1.